The minimum absolute atomic E-state index is 0.205. The highest BCUT2D eigenvalue weighted by Crippen LogP contribution is 2.36. The highest BCUT2D eigenvalue weighted by atomic mass is 16.5. The maximum absolute atomic E-state index is 11.6. The standard InChI is InChI=1S/C28H18O6/c29-27(30)23-12-14-25(21-10-3-1-8-19(21)23)33-17-6-5-7-18(16-17)34-26-15-13-24(28(31)32)20-9-2-4-11-22(20)26/h1-16H,(H,29,30)(H,31,32). The highest BCUT2D eigenvalue weighted by Gasteiger charge is 2.14. The van der Waals surface area contributed by atoms with Crippen molar-refractivity contribution in [1.29, 1.82) is 0 Å². The number of aromatic carboxylic acids is 2. The van der Waals surface area contributed by atoms with Gasteiger partial charge in [0.1, 0.15) is 23.0 Å². The van der Waals surface area contributed by atoms with Gasteiger partial charge in [-0.25, -0.2) is 9.59 Å². The molecular weight excluding hydrogens is 432 g/mol. The summed E-state index contributed by atoms with van der Waals surface area (Å²) in [5, 5.41) is 21.5. The summed E-state index contributed by atoms with van der Waals surface area (Å²) >= 11 is 0. The molecule has 5 rings (SSSR count). The third-order valence-corrected chi connectivity index (χ3v) is 5.49. The van der Waals surface area contributed by atoms with Crippen molar-refractivity contribution in [3.8, 4) is 23.0 Å². The smallest absolute Gasteiger partial charge is 0.336 e. The van der Waals surface area contributed by atoms with Crippen molar-refractivity contribution < 1.29 is 29.3 Å². The van der Waals surface area contributed by atoms with Crippen LogP contribution in [0.15, 0.2) is 97.1 Å². The fourth-order valence-electron chi connectivity index (χ4n) is 3.95. The van der Waals surface area contributed by atoms with Crippen molar-refractivity contribution in [3.05, 3.63) is 108 Å². The summed E-state index contributed by atoms with van der Waals surface area (Å²) in [5.41, 5.74) is 0.411. The van der Waals surface area contributed by atoms with Gasteiger partial charge in [0.05, 0.1) is 11.1 Å². The van der Waals surface area contributed by atoms with Gasteiger partial charge in [0.25, 0.3) is 0 Å². The van der Waals surface area contributed by atoms with Gasteiger partial charge in [-0.05, 0) is 47.2 Å². The SMILES string of the molecule is O=C(O)c1ccc(Oc2cccc(Oc3ccc(C(=O)O)c4ccccc34)c2)c2ccccc12. The molecule has 0 amide bonds. The topological polar surface area (TPSA) is 93.1 Å². The predicted octanol–water partition coefficient (Wildman–Crippen LogP) is 6.97. The molecular formula is C28H18O6. The summed E-state index contributed by atoms with van der Waals surface area (Å²) < 4.78 is 12.2. The van der Waals surface area contributed by atoms with Crippen LogP contribution in [0.1, 0.15) is 20.7 Å². The first-order chi connectivity index (χ1) is 16.5. The molecule has 0 aromatic heterocycles. The van der Waals surface area contributed by atoms with E-state index in [-0.39, 0.29) is 11.1 Å². The van der Waals surface area contributed by atoms with Gasteiger partial charge in [-0.2, -0.15) is 0 Å². The van der Waals surface area contributed by atoms with E-state index in [1.807, 2.05) is 24.3 Å². The van der Waals surface area contributed by atoms with E-state index in [1.165, 1.54) is 12.1 Å². The molecule has 0 fully saturated rings. The first-order valence-corrected chi connectivity index (χ1v) is 10.5. The van der Waals surface area contributed by atoms with Gasteiger partial charge >= 0.3 is 11.9 Å². The molecule has 5 aromatic rings. The van der Waals surface area contributed by atoms with Crippen LogP contribution in [0.5, 0.6) is 23.0 Å². The molecule has 0 radical (unpaired) electrons. The van der Waals surface area contributed by atoms with E-state index < -0.39 is 11.9 Å². The molecule has 166 valence electrons. The summed E-state index contributed by atoms with van der Waals surface area (Å²) in [5.74, 6) is 0.0657. The molecule has 6 heteroatoms. The fourth-order valence-corrected chi connectivity index (χ4v) is 3.95. The van der Waals surface area contributed by atoms with Crippen LogP contribution in [0.4, 0.5) is 0 Å². The number of rotatable bonds is 6. The number of carboxylic acid groups (broad SMARTS) is 2. The van der Waals surface area contributed by atoms with E-state index in [1.54, 1.807) is 60.7 Å². The quantitative estimate of drug-likeness (QED) is 0.290. The van der Waals surface area contributed by atoms with Crippen LogP contribution >= 0.6 is 0 Å². The Morgan fingerprint density at radius 3 is 1.32 bits per heavy atom. The molecule has 34 heavy (non-hydrogen) atoms. The minimum atomic E-state index is -1.00. The molecule has 0 aliphatic heterocycles. The zero-order chi connectivity index (χ0) is 23.7. The Bertz CT molecular complexity index is 1460. The number of hydrogen-bond acceptors (Lipinski definition) is 4. The van der Waals surface area contributed by atoms with Crippen molar-refractivity contribution >= 4 is 33.5 Å². The van der Waals surface area contributed by atoms with Crippen molar-refractivity contribution in [1.82, 2.24) is 0 Å². The van der Waals surface area contributed by atoms with Crippen LogP contribution in [0.2, 0.25) is 0 Å². The van der Waals surface area contributed by atoms with Crippen molar-refractivity contribution in [2.45, 2.75) is 0 Å². The first-order valence-electron chi connectivity index (χ1n) is 10.5. The first kappa shape index (κ1) is 21.0. The molecule has 0 bridgehead atoms. The maximum atomic E-state index is 11.6. The molecule has 0 aliphatic carbocycles. The average molecular weight is 450 g/mol. The monoisotopic (exact) mass is 450 g/mol. The maximum Gasteiger partial charge on any atom is 0.336 e. The predicted molar refractivity (Wildman–Crippen MR) is 128 cm³/mol. The average Bonchev–Trinajstić information content (AvgIpc) is 2.84. The highest BCUT2D eigenvalue weighted by molar-refractivity contribution is 6.06. The third-order valence-electron chi connectivity index (χ3n) is 5.49. The van der Waals surface area contributed by atoms with Crippen molar-refractivity contribution in [2.75, 3.05) is 0 Å². The Kier molecular flexibility index (Phi) is 5.32. The molecule has 0 unspecified atom stereocenters. The number of ether oxygens (including phenoxy) is 2. The lowest BCUT2D eigenvalue weighted by Crippen LogP contribution is -1.98. The van der Waals surface area contributed by atoms with E-state index in [0.29, 0.717) is 44.5 Å². The molecule has 0 saturated heterocycles. The molecule has 0 saturated carbocycles. The number of hydrogen-bond donors (Lipinski definition) is 2. The Balaban J connectivity index is 1.48. The minimum Gasteiger partial charge on any atom is -0.478 e. The van der Waals surface area contributed by atoms with Gasteiger partial charge < -0.3 is 19.7 Å². The van der Waals surface area contributed by atoms with Crippen LogP contribution in [0.25, 0.3) is 21.5 Å². The summed E-state index contributed by atoms with van der Waals surface area (Å²) in [4.78, 5) is 23.1. The van der Waals surface area contributed by atoms with Crippen LogP contribution < -0.4 is 9.47 Å². The zero-order valence-electron chi connectivity index (χ0n) is 17.8. The third kappa shape index (κ3) is 3.89. The number of benzene rings is 5. The molecule has 5 aromatic carbocycles. The van der Waals surface area contributed by atoms with E-state index in [2.05, 4.69) is 0 Å². The largest absolute Gasteiger partial charge is 0.478 e. The van der Waals surface area contributed by atoms with Crippen LogP contribution in [0, 0.1) is 0 Å². The Morgan fingerprint density at radius 2 is 0.912 bits per heavy atom. The van der Waals surface area contributed by atoms with E-state index >= 15 is 0 Å². The van der Waals surface area contributed by atoms with Crippen LogP contribution in [-0.2, 0) is 0 Å². The summed E-state index contributed by atoms with van der Waals surface area (Å²) in [7, 11) is 0. The van der Waals surface area contributed by atoms with E-state index in [0.717, 1.165) is 0 Å². The Labute approximate surface area is 194 Å². The van der Waals surface area contributed by atoms with E-state index in [4.69, 9.17) is 9.47 Å². The second kappa shape index (κ2) is 8.60. The molecule has 6 nitrogen and oxygen atoms in total. The lowest BCUT2D eigenvalue weighted by atomic mass is 10.0. The Morgan fingerprint density at radius 1 is 0.500 bits per heavy atom. The molecule has 0 aliphatic rings. The van der Waals surface area contributed by atoms with Gasteiger partial charge in [-0.1, -0.05) is 54.6 Å². The summed E-state index contributed by atoms with van der Waals surface area (Å²) in [6.45, 7) is 0. The van der Waals surface area contributed by atoms with Gasteiger partial charge in [0.2, 0.25) is 0 Å². The molecule has 2 N–H and O–H groups in total. The van der Waals surface area contributed by atoms with E-state index in [9.17, 15) is 19.8 Å². The number of carboxylic acids is 2. The number of fused-ring (bicyclic) bond motifs is 2. The fraction of sp³-hybridized carbons (Fsp3) is 0. The lowest BCUT2D eigenvalue weighted by Gasteiger charge is -2.13. The zero-order valence-corrected chi connectivity index (χ0v) is 17.8. The van der Waals surface area contributed by atoms with Gasteiger partial charge in [-0.3, -0.25) is 0 Å². The van der Waals surface area contributed by atoms with Crippen molar-refractivity contribution in [2.24, 2.45) is 0 Å². The normalized spacial score (nSPS) is 10.8. The second-order valence-electron chi connectivity index (χ2n) is 7.60. The molecule has 0 atom stereocenters. The van der Waals surface area contributed by atoms with Gasteiger partial charge in [0, 0.05) is 16.8 Å². The Hall–Kier alpha value is -4.84. The lowest BCUT2D eigenvalue weighted by molar-refractivity contribution is 0.0688. The molecule has 0 spiro atoms. The summed E-state index contributed by atoms with van der Waals surface area (Å²) in [6, 6.07) is 27.7. The number of carbonyl (C=O) groups is 2. The van der Waals surface area contributed by atoms with Crippen LogP contribution in [-0.4, -0.2) is 22.2 Å². The van der Waals surface area contributed by atoms with Gasteiger partial charge in [0.15, 0.2) is 0 Å². The van der Waals surface area contributed by atoms with Gasteiger partial charge in [-0.15, -0.1) is 0 Å². The summed E-state index contributed by atoms with van der Waals surface area (Å²) in [6.07, 6.45) is 0. The van der Waals surface area contributed by atoms with Crippen LogP contribution in [0.3, 0.4) is 0 Å². The second-order valence-corrected chi connectivity index (χ2v) is 7.60. The molecule has 0 heterocycles. The van der Waals surface area contributed by atoms with Crippen molar-refractivity contribution in [3.63, 3.8) is 0 Å².